The SMILES string of the molecule is CS(=O)(=O)Nc1cccc(CC(=O)Nc2cnc(-c3c[nH]c4ncccc34)s2)c1. The van der Waals surface area contributed by atoms with Crippen LogP contribution in [0.15, 0.2) is 55.0 Å². The van der Waals surface area contributed by atoms with Crippen LogP contribution in [-0.2, 0) is 21.2 Å². The smallest absolute Gasteiger partial charge is 0.229 e. The van der Waals surface area contributed by atoms with Crippen molar-refractivity contribution in [1.29, 1.82) is 0 Å². The van der Waals surface area contributed by atoms with Crippen LogP contribution in [0.25, 0.3) is 21.6 Å². The highest BCUT2D eigenvalue weighted by Gasteiger charge is 2.13. The van der Waals surface area contributed by atoms with Gasteiger partial charge in [-0.2, -0.15) is 0 Å². The molecule has 0 spiro atoms. The molecule has 8 nitrogen and oxygen atoms in total. The minimum atomic E-state index is -3.37. The summed E-state index contributed by atoms with van der Waals surface area (Å²) in [6.07, 6.45) is 6.38. The predicted molar refractivity (Wildman–Crippen MR) is 114 cm³/mol. The molecule has 29 heavy (non-hydrogen) atoms. The van der Waals surface area contributed by atoms with Crippen molar-refractivity contribution in [2.24, 2.45) is 0 Å². The van der Waals surface area contributed by atoms with Crippen LogP contribution in [0.5, 0.6) is 0 Å². The Balaban J connectivity index is 1.45. The van der Waals surface area contributed by atoms with Gasteiger partial charge in [-0.1, -0.05) is 23.5 Å². The highest BCUT2D eigenvalue weighted by Crippen LogP contribution is 2.33. The first-order valence-corrected chi connectivity index (χ1v) is 11.3. The zero-order valence-electron chi connectivity index (χ0n) is 15.3. The fourth-order valence-corrected chi connectivity index (χ4v) is 4.33. The molecule has 0 aliphatic carbocycles. The molecule has 3 aromatic heterocycles. The van der Waals surface area contributed by atoms with Crippen LogP contribution in [0.4, 0.5) is 10.7 Å². The quantitative estimate of drug-likeness (QED) is 0.437. The Hall–Kier alpha value is -3.24. The van der Waals surface area contributed by atoms with Crippen LogP contribution >= 0.6 is 11.3 Å². The summed E-state index contributed by atoms with van der Waals surface area (Å²) >= 11 is 1.37. The molecule has 3 heterocycles. The molecule has 0 aliphatic heterocycles. The van der Waals surface area contributed by atoms with Crippen molar-refractivity contribution in [3.63, 3.8) is 0 Å². The number of sulfonamides is 1. The summed E-state index contributed by atoms with van der Waals surface area (Å²) in [7, 11) is -3.37. The predicted octanol–water partition coefficient (Wildman–Crippen LogP) is 3.24. The summed E-state index contributed by atoms with van der Waals surface area (Å²) in [5.41, 5.74) is 2.83. The van der Waals surface area contributed by atoms with Gasteiger partial charge in [0.15, 0.2) is 0 Å². The van der Waals surface area contributed by atoms with Gasteiger partial charge in [0.25, 0.3) is 0 Å². The van der Waals surface area contributed by atoms with Gasteiger partial charge in [-0.05, 0) is 29.8 Å². The highest BCUT2D eigenvalue weighted by molar-refractivity contribution is 7.92. The van der Waals surface area contributed by atoms with Crippen molar-refractivity contribution in [2.75, 3.05) is 16.3 Å². The van der Waals surface area contributed by atoms with Crippen LogP contribution in [0.1, 0.15) is 5.56 Å². The van der Waals surface area contributed by atoms with E-state index >= 15 is 0 Å². The minimum Gasteiger partial charge on any atom is -0.345 e. The first kappa shape index (κ1) is 19.1. The number of pyridine rings is 1. The Kier molecular flexibility index (Phi) is 5.03. The number of hydrogen-bond acceptors (Lipinski definition) is 6. The molecule has 0 saturated carbocycles. The largest absolute Gasteiger partial charge is 0.345 e. The second kappa shape index (κ2) is 7.64. The highest BCUT2D eigenvalue weighted by atomic mass is 32.2. The van der Waals surface area contributed by atoms with E-state index < -0.39 is 10.0 Å². The first-order valence-electron chi connectivity index (χ1n) is 8.62. The van der Waals surface area contributed by atoms with Gasteiger partial charge in [0.1, 0.15) is 15.7 Å². The zero-order valence-corrected chi connectivity index (χ0v) is 17.0. The van der Waals surface area contributed by atoms with Crippen molar-refractivity contribution < 1.29 is 13.2 Å². The third-order valence-electron chi connectivity index (χ3n) is 4.04. The molecule has 1 amide bonds. The Morgan fingerprint density at radius 2 is 2.07 bits per heavy atom. The number of rotatable bonds is 6. The van der Waals surface area contributed by atoms with E-state index in [4.69, 9.17) is 0 Å². The third kappa shape index (κ3) is 4.61. The van der Waals surface area contributed by atoms with Gasteiger partial charge in [-0.25, -0.2) is 18.4 Å². The normalized spacial score (nSPS) is 11.5. The van der Waals surface area contributed by atoms with Gasteiger partial charge >= 0.3 is 0 Å². The Morgan fingerprint density at radius 1 is 1.21 bits per heavy atom. The van der Waals surface area contributed by atoms with Crippen LogP contribution < -0.4 is 10.0 Å². The summed E-state index contributed by atoms with van der Waals surface area (Å²) in [5, 5.41) is 5.22. The molecule has 0 atom stereocenters. The van der Waals surface area contributed by atoms with E-state index in [1.807, 2.05) is 18.3 Å². The summed E-state index contributed by atoms with van der Waals surface area (Å²) < 4.78 is 25.1. The number of thiazole rings is 1. The fourth-order valence-electron chi connectivity index (χ4n) is 2.92. The average Bonchev–Trinajstić information content (AvgIpc) is 3.27. The van der Waals surface area contributed by atoms with E-state index in [1.165, 1.54) is 11.3 Å². The maximum atomic E-state index is 12.4. The number of hydrogen-bond donors (Lipinski definition) is 3. The number of carbonyl (C=O) groups excluding carboxylic acids is 1. The van der Waals surface area contributed by atoms with Crippen LogP contribution in [0.3, 0.4) is 0 Å². The molecular formula is C19H17N5O3S2. The minimum absolute atomic E-state index is 0.115. The Bertz CT molecular complexity index is 1290. The standard InChI is InChI=1S/C19H17N5O3S2/c1-29(26,27)24-13-5-2-4-12(8-13)9-16(25)23-17-11-22-19(28-17)15-10-21-18-14(15)6-3-7-20-18/h2-8,10-11,24H,9H2,1H3,(H,20,21)(H,23,25). The van der Waals surface area contributed by atoms with Crippen molar-refractivity contribution in [3.8, 4) is 10.6 Å². The molecule has 4 rings (SSSR count). The lowest BCUT2D eigenvalue weighted by atomic mass is 10.1. The van der Waals surface area contributed by atoms with Gasteiger partial charge in [-0.15, -0.1) is 0 Å². The lowest BCUT2D eigenvalue weighted by Gasteiger charge is -2.06. The van der Waals surface area contributed by atoms with E-state index in [0.717, 1.165) is 27.9 Å². The lowest BCUT2D eigenvalue weighted by molar-refractivity contribution is -0.115. The molecule has 10 heteroatoms. The molecule has 0 aliphatic rings. The van der Waals surface area contributed by atoms with Gasteiger partial charge < -0.3 is 10.3 Å². The molecule has 0 radical (unpaired) electrons. The number of benzene rings is 1. The molecule has 0 saturated heterocycles. The second-order valence-corrected chi connectivity index (χ2v) is 9.21. The van der Waals surface area contributed by atoms with Crippen molar-refractivity contribution >= 4 is 49.0 Å². The molecule has 0 bridgehead atoms. The van der Waals surface area contributed by atoms with Crippen molar-refractivity contribution in [1.82, 2.24) is 15.0 Å². The summed E-state index contributed by atoms with van der Waals surface area (Å²) in [6.45, 7) is 0. The monoisotopic (exact) mass is 427 g/mol. The molecule has 0 fully saturated rings. The lowest BCUT2D eigenvalue weighted by Crippen LogP contribution is -2.14. The first-order chi connectivity index (χ1) is 13.9. The number of H-pyrrole nitrogens is 1. The van der Waals surface area contributed by atoms with Gasteiger partial charge in [0, 0.05) is 29.0 Å². The molecule has 3 N–H and O–H groups in total. The summed E-state index contributed by atoms with van der Waals surface area (Å²) in [6, 6.07) is 10.6. The maximum Gasteiger partial charge on any atom is 0.229 e. The van der Waals surface area contributed by atoms with E-state index in [2.05, 4.69) is 25.0 Å². The molecular weight excluding hydrogens is 410 g/mol. The number of fused-ring (bicyclic) bond motifs is 1. The van der Waals surface area contributed by atoms with Crippen LogP contribution in [0, 0.1) is 0 Å². The second-order valence-electron chi connectivity index (χ2n) is 6.43. The molecule has 148 valence electrons. The van der Waals surface area contributed by atoms with Crippen molar-refractivity contribution in [3.05, 3.63) is 60.6 Å². The molecule has 1 aromatic carbocycles. The summed E-state index contributed by atoms with van der Waals surface area (Å²) in [4.78, 5) is 24.2. The van der Waals surface area contributed by atoms with Gasteiger partial charge in [0.2, 0.25) is 15.9 Å². The third-order valence-corrected chi connectivity index (χ3v) is 5.60. The van der Waals surface area contributed by atoms with Crippen LogP contribution in [0.2, 0.25) is 0 Å². The fraction of sp³-hybridized carbons (Fsp3) is 0.105. The number of aromatic amines is 1. The average molecular weight is 428 g/mol. The van der Waals surface area contributed by atoms with Crippen LogP contribution in [-0.4, -0.2) is 35.5 Å². The zero-order chi connectivity index (χ0) is 20.4. The van der Waals surface area contributed by atoms with Gasteiger partial charge in [-0.3, -0.25) is 9.52 Å². The van der Waals surface area contributed by atoms with E-state index in [-0.39, 0.29) is 12.3 Å². The summed E-state index contributed by atoms with van der Waals surface area (Å²) in [5.74, 6) is -0.211. The van der Waals surface area contributed by atoms with E-state index in [1.54, 1.807) is 36.7 Å². The van der Waals surface area contributed by atoms with Gasteiger partial charge in [0.05, 0.1) is 18.9 Å². The number of nitrogens with zero attached hydrogens (tertiary/aromatic N) is 2. The number of nitrogens with one attached hydrogen (secondary N) is 3. The number of carbonyl (C=O) groups is 1. The number of aromatic nitrogens is 3. The Morgan fingerprint density at radius 3 is 2.90 bits per heavy atom. The molecule has 4 aromatic rings. The maximum absolute atomic E-state index is 12.4. The topological polar surface area (TPSA) is 117 Å². The molecule has 0 unspecified atom stereocenters. The number of anilines is 2. The van der Waals surface area contributed by atoms with Crippen molar-refractivity contribution in [2.45, 2.75) is 6.42 Å². The Labute approximate surface area is 171 Å². The van der Waals surface area contributed by atoms with E-state index in [9.17, 15) is 13.2 Å². The number of amides is 1. The van der Waals surface area contributed by atoms with E-state index in [0.29, 0.717) is 16.3 Å².